The Morgan fingerprint density at radius 3 is 2.65 bits per heavy atom. The highest BCUT2D eigenvalue weighted by Gasteiger charge is 2.34. The highest BCUT2D eigenvalue weighted by molar-refractivity contribution is 5.94. The number of carbonyl (C=O) groups excluding carboxylic acids is 2. The largest absolute Gasteiger partial charge is 0.381 e. The van der Waals surface area contributed by atoms with Crippen molar-refractivity contribution >= 4 is 12.3 Å². The number of nitroso groups, excluding NO2 is 1. The monoisotopic (exact) mass is 442 g/mol. The zero-order chi connectivity index (χ0) is 22.8. The molecule has 2 rings (SSSR count). The highest BCUT2D eigenvalue weighted by Crippen LogP contribution is 2.25. The second-order valence-corrected chi connectivity index (χ2v) is 7.11. The van der Waals surface area contributed by atoms with Crippen LogP contribution in [0.3, 0.4) is 0 Å². The van der Waals surface area contributed by atoms with Gasteiger partial charge >= 0.3 is 0 Å². The summed E-state index contributed by atoms with van der Waals surface area (Å²) in [5, 5.41) is 7.81. The minimum atomic E-state index is -1.95. The number of halogens is 3. The van der Waals surface area contributed by atoms with E-state index in [0.717, 1.165) is 6.08 Å². The van der Waals surface area contributed by atoms with Crippen molar-refractivity contribution < 1.29 is 27.5 Å². The van der Waals surface area contributed by atoms with Crippen molar-refractivity contribution in [1.29, 1.82) is 0 Å². The molecule has 11 heteroatoms. The highest BCUT2D eigenvalue weighted by atomic mass is 19.3. The molecule has 0 radical (unpaired) electrons. The molecule has 2 atom stereocenters. The van der Waals surface area contributed by atoms with E-state index >= 15 is 0 Å². The number of hydrogen-bond donors (Lipinski definition) is 2. The predicted molar refractivity (Wildman–Crippen MR) is 107 cm³/mol. The molecule has 170 valence electrons. The third-order valence-electron chi connectivity index (χ3n) is 5.11. The van der Waals surface area contributed by atoms with E-state index in [9.17, 15) is 27.7 Å². The zero-order valence-corrected chi connectivity index (χ0v) is 17.0. The van der Waals surface area contributed by atoms with Gasteiger partial charge in [-0.1, -0.05) is 23.4 Å². The summed E-state index contributed by atoms with van der Waals surface area (Å²) >= 11 is 0. The smallest absolute Gasteiger partial charge is 0.270 e. The van der Waals surface area contributed by atoms with E-state index in [1.54, 1.807) is 7.05 Å². The normalized spacial score (nSPS) is 22.6. The topological polar surface area (TPSA) is 100 Å². The number of nitrogens with one attached hydrogen (secondary N) is 2. The summed E-state index contributed by atoms with van der Waals surface area (Å²) in [4.78, 5) is 36.0. The molecule has 0 aromatic heterocycles. The minimum absolute atomic E-state index is 0.0468. The summed E-state index contributed by atoms with van der Waals surface area (Å²) in [6.07, 6.45) is 2.11. The van der Waals surface area contributed by atoms with E-state index in [-0.39, 0.29) is 36.0 Å². The van der Waals surface area contributed by atoms with Crippen LogP contribution in [0.4, 0.5) is 13.2 Å². The number of alkyl halides is 1. The molecule has 31 heavy (non-hydrogen) atoms. The molecule has 1 saturated heterocycles. The summed E-state index contributed by atoms with van der Waals surface area (Å²) in [6.45, 7) is 0.689. The maximum atomic E-state index is 14.8. The summed E-state index contributed by atoms with van der Waals surface area (Å²) in [5.41, 5.74) is 0.248. The lowest BCUT2D eigenvalue weighted by Crippen LogP contribution is -2.49. The van der Waals surface area contributed by atoms with Gasteiger partial charge in [0.05, 0.1) is 11.6 Å². The minimum Gasteiger partial charge on any atom is -0.381 e. The summed E-state index contributed by atoms with van der Waals surface area (Å²) in [5.74, 6) is -0.320. The van der Waals surface area contributed by atoms with Gasteiger partial charge in [-0.05, 0) is 18.4 Å². The zero-order valence-electron chi connectivity index (χ0n) is 17.0. The third kappa shape index (κ3) is 7.06. The first-order valence-electron chi connectivity index (χ1n) is 9.75. The van der Waals surface area contributed by atoms with Crippen molar-refractivity contribution in [2.75, 3.05) is 26.8 Å². The van der Waals surface area contributed by atoms with Crippen LogP contribution >= 0.6 is 0 Å². The van der Waals surface area contributed by atoms with Gasteiger partial charge in [0.2, 0.25) is 6.41 Å². The number of likely N-dealkylation sites (N-methyl/N-ethyl adjacent to an activating group) is 1. The van der Waals surface area contributed by atoms with Crippen molar-refractivity contribution in [1.82, 2.24) is 15.5 Å². The Morgan fingerprint density at radius 2 is 2.03 bits per heavy atom. The van der Waals surface area contributed by atoms with Crippen LogP contribution in [0.2, 0.25) is 0 Å². The Labute approximate surface area is 177 Å². The second-order valence-electron chi connectivity index (χ2n) is 7.11. The molecule has 1 fully saturated rings. The summed E-state index contributed by atoms with van der Waals surface area (Å²) in [7, 11) is 1.63. The molecule has 2 aliphatic rings. The molecule has 0 saturated carbocycles. The van der Waals surface area contributed by atoms with Gasteiger partial charge in [-0.25, -0.2) is 4.39 Å². The molecule has 0 aliphatic carbocycles. The molecule has 2 amide bonds. The molecule has 0 unspecified atom stereocenters. The Kier molecular flexibility index (Phi) is 9.44. The molecular formula is C20H25F3N4O4. The fourth-order valence-corrected chi connectivity index (χ4v) is 3.40. The van der Waals surface area contributed by atoms with Gasteiger partial charge in [-0.15, -0.1) is 0 Å². The van der Waals surface area contributed by atoms with Gasteiger partial charge in [0, 0.05) is 38.8 Å². The van der Waals surface area contributed by atoms with Gasteiger partial charge in [0.25, 0.3) is 12.0 Å². The molecular weight excluding hydrogens is 417 g/mol. The Balaban J connectivity index is 2.20. The lowest BCUT2D eigenvalue weighted by atomic mass is 9.96. The van der Waals surface area contributed by atoms with Crippen LogP contribution < -0.4 is 10.6 Å². The van der Waals surface area contributed by atoms with Gasteiger partial charge in [-0.3, -0.25) is 9.59 Å². The average molecular weight is 442 g/mol. The van der Waals surface area contributed by atoms with E-state index in [1.807, 2.05) is 0 Å². The lowest BCUT2D eigenvalue weighted by molar-refractivity contribution is -0.130. The maximum absolute atomic E-state index is 14.8. The Bertz CT molecular complexity index is 787. The van der Waals surface area contributed by atoms with E-state index in [0.29, 0.717) is 38.5 Å². The predicted octanol–water partition coefficient (Wildman–Crippen LogP) is 2.31. The first-order valence-corrected chi connectivity index (χ1v) is 9.75. The van der Waals surface area contributed by atoms with Crippen molar-refractivity contribution in [3.63, 3.8) is 0 Å². The SMILES string of the molecule is CN(C(=O)C1=C(NC=O)N[C@@H](/C=C/C(=C\C=C(F)F)CN=O)[C@@H](F)C1)C1CCOCC1. The van der Waals surface area contributed by atoms with Crippen LogP contribution in [-0.2, 0) is 14.3 Å². The van der Waals surface area contributed by atoms with Crippen molar-refractivity contribution in [3.05, 3.63) is 52.3 Å². The van der Waals surface area contributed by atoms with Crippen LogP contribution in [0.15, 0.2) is 52.5 Å². The van der Waals surface area contributed by atoms with Crippen LogP contribution in [0.5, 0.6) is 0 Å². The van der Waals surface area contributed by atoms with Crippen molar-refractivity contribution in [2.24, 2.45) is 5.18 Å². The van der Waals surface area contributed by atoms with Gasteiger partial charge in [-0.2, -0.15) is 13.7 Å². The number of nitrogens with zero attached hydrogens (tertiary/aromatic N) is 2. The Hall–Kier alpha value is -2.95. The molecule has 2 heterocycles. The third-order valence-corrected chi connectivity index (χ3v) is 5.11. The lowest BCUT2D eigenvalue weighted by Gasteiger charge is -2.35. The summed E-state index contributed by atoms with van der Waals surface area (Å²) in [6, 6.07) is -1.00. The first kappa shape index (κ1) is 24.3. The van der Waals surface area contributed by atoms with Gasteiger partial charge in [0.1, 0.15) is 18.5 Å². The quantitative estimate of drug-likeness (QED) is 0.324. The van der Waals surface area contributed by atoms with E-state index in [2.05, 4.69) is 15.8 Å². The maximum Gasteiger partial charge on any atom is 0.270 e. The Morgan fingerprint density at radius 1 is 1.32 bits per heavy atom. The van der Waals surface area contributed by atoms with Crippen molar-refractivity contribution in [2.45, 2.75) is 37.5 Å². The standard InChI is InChI=1S/C20H25F3N4O4/c1-27(14-6-8-31-9-7-14)20(29)15-10-16(21)17(26-19(15)24-12-28)4-2-13(11-25-30)3-5-18(22)23/h2-5,12,14,16-17,26H,6-11H2,1H3,(H,24,28)/b4-2+,13-3+/t16-,17-/m0/s1. The van der Waals surface area contributed by atoms with Crippen LogP contribution in [0.1, 0.15) is 19.3 Å². The molecule has 8 nitrogen and oxygen atoms in total. The molecule has 0 aromatic rings. The number of carbonyl (C=O) groups is 2. The van der Waals surface area contributed by atoms with E-state index in [1.165, 1.54) is 17.1 Å². The first-order chi connectivity index (χ1) is 14.9. The molecule has 2 aliphatic heterocycles. The summed E-state index contributed by atoms with van der Waals surface area (Å²) < 4.78 is 44.7. The number of rotatable bonds is 9. The number of hydrogen-bond acceptors (Lipinski definition) is 6. The number of ether oxygens (including phenoxy) is 1. The molecule has 0 spiro atoms. The fraction of sp³-hybridized carbons (Fsp3) is 0.500. The van der Waals surface area contributed by atoms with Gasteiger partial charge < -0.3 is 20.3 Å². The van der Waals surface area contributed by atoms with Gasteiger partial charge in [0.15, 0.2) is 0 Å². The van der Waals surface area contributed by atoms with E-state index < -0.39 is 24.2 Å². The fourth-order valence-electron chi connectivity index (χ4n) is 3.40. The molecule has 2 N–H and O–H groups in total. The molecule has 0 bridgehead atoms. The van der Waals surface area contributed by atoms with E-state index in [4.69, 9.17) is 4.74 Å². The number of amides is 2. The molecule has 0 aromatic carbocycles. The number of allylic oxidation sites excluding steroid dienone is 2. The van der Waals surface area contributed by atoms with Crippen LogP contribution in [0, 0.1) is 4.91 Å². The van der Waals surface area contributed by atoms with Crippen LogP contribution in [0.25, 0.3) is 0 Å². The second kappa shape index (κ2) is 12.0. The average Bonchev–Trinajstić information content (AvgIpc) is 2.76. The van der Waals surface area contributed by atoms with Crippen LogP contribution in [-0.4, -0.2) is 62.3 Å². The van der Waals surface area contributed by atoms with Crippen molar-refractivity contribution in [3.8, 4) is 0 Å².